The summed E-state index contributed by atoms with van der Waals surface area (Å²) >= 11 is 0. The molecule has 1 aliphatic heterocycles. The van der Waals surface area contributed by atoms with Crippen molar-refractivity contribution in [3.8, 4) is 0 Å². The van der Waals surface area contributed by atoms with E-state index in [2.05, 4.69) is 10.9 Å². The van der Waals surface area contributed by atoms with Gasteiger partial charge in [-0.3, -0.25) is 25.2 Å². The maximum absolute atomic E-state index is 13.2. The molecule has 3 aromatic rings. The van der Waals surface area contributed by atoms with Crippen molar-refractivity contribution in [1.82, 2.24) is 15.8 Å². The monoisotopic (exact) mass is 419 g/mol. The fourth-order valence-corrected chi connectivity index (χ4v) is 4.10. The van der Waals surface area contributed by atoms with Crippen molar-refractivity contribution in [2.45, 2.75) is 26.7 Å². The van der Waals surface area contributed by atoms with E-state index in [0.717, 1.165) is 17.2 Å². The van der Waals surface area contributed by atoms with E-state index >= 15 is 0 Å². The third-order valence-electron chi connectivity index (χ3n) is 5.68. The standard InChI is InChI=1S/C24H25N3O4/c1-15-13-21(16(2)31-15)23(29)26-25-22(28)18-9-6-12-27(14-18)24(30)20-11-5-8-17-7-3-4-10-19(17)20/h3-5,7-8,10-11,13,18H,6,9,12,14H2,1-2H3,(H,25,28)(H,26,29). The quantitative estimate of drug-likeness (QED) is 0.637. The number of benzene rings is 2. The van der Waals surface area contributed by atoms with Gasteiger partial charge in [0.25, 0.3) is 11.8 Å². The second-order valence-corrected chi connectivity index (χ2v) is 7.89. The van der Waals surface area contributed by atoms with Gasteiger partial charge in [-0.1, -0.05) is 36.4 Å². The molecule has 0 bridgehead atoms. The molecule has 4 rings (SSSR count). The maximum atomic E-state index is 13.2. The molecular formula is C24H25N3O4. The van der Waals surface area contributed by atoms with Gasteiger partial charge >= 0.3 is 0 Å². The van der Waals surface area contributed by atoms with E-state index in [9.17, 15) is 14.4 Å². The summed E-state index contributed by atoms with van der Waals surface area (Å²) in [5.74, 6) is -0.0792. The van der Waals surface area contributed by atoms with Gasteiger partial charge in [0.15, 0.2) is 0 Å². The topological polar surface area (TPSA) is 91.7 Å². The van der Waals surface area contributed by atoms with E-state index in [-0.39, 0.29) is 17.7 Å². The van der Waals surface area contributed by atoms with Crippen LogP contribution in [0.15, 0.2) is 52.9 Å². The van der Waals surface area contributed by atoms with Crippen molar-refractivity contribution < 1.29 is 18.8 Å². The molecule has 1 saturated heterocycles. The van der Waals surface area contributed by atoms with Crippen molar-refractivity contribution in [2.75, 3.05) is 13.1 Å². The summed E-state index contributed by atoms with van der Waals surface area (Å²) in [6.45, 7) is 4.37. The Hall–Kier alpha value is -3.61. The molecule has 0 aliphatic carbocycles. The summed E-state index contributed by atoms with van der Waals surface area (Å²) < 4.78 is 5.35. The first-order valence-corrected chi connectivity index (χ1v) is 10.4. The lowest BCUT2D eigenvalue weighted by Crippen LogP contribution is -2.50. The van der Waals surface area contributed by atoms with E-state index in [4.69, 9.17) is 4.42 Å². The van der Waals surface area contributed by atoms with Crippen LogP contribution in [0, 0.1) is 19.8 Å². The molecule has 1 aromatic heterocycles. The number of hydrogen-bond donors (Lipinski definition) is 2. The summed E-state index contributed by atoms with van der Waals surface area (Å²) in [4.78, 5) is 39.9. The lowest BCUT2D eigenvalue weighted by molar-refractivity contribution is -0.127. The molecule has 2 heterocycles. The fraction of sp³-hybridized carbons (Fsp3) is 0.292. The number of fused-ring (bicyclic) bond motifs is 1. The molecule has 7 nitrogen and oxygen atoms in total. The highest BCUT2D eigenvalue weighted by Crippen LogP contribution is 2.23. The molecular weight excluding hydrogens is 394 g/mol. The molecule has 1 atom stereocenters. The number of carbonyl (C=O) groups excluding carboxylic acids is 3. The Bertz CT molecular complexity index is 1150. The molecule has 160 valence electrons. The SMILES string of the molecule is Cc1cc(C(=O)NNC(=O)C2CCCN(C(=O)c3cccc4ccccc34)C2)c(C)o1. The van der Waals surface area contributed by atoms with E-state index in [1.165, 1.54) is 0 Å². The first-order valence-electron chi connectivity index (χ1n) is 10.4. The average Bonchev–Trinajstić information content (AvgIpc) is 3.14. The van der Waals surface area contributed by atoms with Crippen molar-refractivity contribution in [3.05, 3.63) is 71.2 Å². The number of likely N-dealkylation sites (tertiary alicyclic amines) is 1. The number of nitrogens with one attached hydrogen (secondary N) is 2. The molecule has 1 aliphatic rings. The van der Waals surface area contributed by atoms with Crippen LogP contribution in [0.3, 0.4) is 0 Å². The molecule has 0 radical (unpaired) electrons. The Morgan fingerprint density at radius 3 is 2.55 bits per heavy atom. The smallest absolute Gasteiger partial charge is 0.273 e. The highest BCUT2D eigenvalue weighted by atomic mass is 16.3. The van der Waals surface area contributed by atoms with Gasteiger partial charge in [0.05, 0.1) is 11.5 Å². The van der Waals surface area contributed by atoms with Crippen LogP contribution in [0.2, 0.25) is 0 Å². The van der Waals surface area contributed by atoms with Gasteiger partial charge in [0, 0.05) is 18.7 Å². The van der Waals surface area contributed by atoms with Crippen LogP contribution in [0.4, 0.5) is 0 Å². The van der Waals surface area contributed by atoms with Crippen LogP contribution in [0.25, 0.3) is 10.8 Å². The Kier molecular flexibility index (Phi) is 5.75. The van der Waals surface area contributed by atoms with Crippen LogP contribution in [-0.2, 0) is 4.79 Å². The van der Waals surface area contributed by atoms with Crippen LogP contribution < -0.4 is 10.9 Å². The summed E-state index contributed by atoms with van der Waals surface area (Å²) in [6.07, 6.45) is 1.38. The zero-order valence-corrected chi connectivity index (χ0v) is 17.6. The van der Waals surface area contributed by atoms with Crippen LogP contribution >= 0.6 is 0 Å². The molecule has 0 spiro atoms. The highest BCUT2D eigenvalue weighted by Gasteiger charge is 2.30. The van der Waals surface area contributed by atoms with Gasteiger partial charge in [-0.25, -0.2) is 0 Å². The molecule has 0 saturated carbocycles. The fourth-order valence-electron chi connectivity index (χ4n) is 4.10. The van der Waals surface area contributed by atoms with Crippen molar-refractivity contribution >= 4 is 28.5 Å². The molecule has 3 amide bonds. The number of piperidine rings is 1. The summed E-state index contributed by atoms with van der Waals surface area (Å²) in [6, 6.07) is 15.1. The average molecular weight is 419 g/mol. The minimum atomic E-state index is -0.429. The van der Waals surface area contributed by atoms with E-state index in [0.29, 0.717) is 42.2 Å². The van der Waals surface area contributed by atoms with E-state index < -0.39 is 5.91 Å². The number of hydrazine groups is 1. The molecule has 31 heavy (non-hydrogen) atoms. The summed E-state index contributed by atoms with van der Waals surface area (Å²) in [5, 5.41) is 1.91. The number of furan rings is 1. The number of aryl methyl sites for hydroxylation is 2. The molecule has 2 aromatic carbocycles. The van der Waals surface area contributed by atoms with Gasteiger partial charge in [-0.15, -0.1) is 0 Å². The summed E-state index contributed by atoms with van der Waals surface area (Å²) in [7, 11) is 0. The highest BCUT2D eigenvalue weighted by molar-refractivity contribution is 6.07. The van der Waals surface area contributed by atoms with E-state index in [1.807, 2.05) is 42.5 Å². The lowest BCUT2D eigenvalue weighted by atomic mass is 9.96. The van der Waals surface area contributed by atoms with Crippen molar-refractivity contribution in [2.24, 2.45) is 5.92 Å². The minimum absolute atomic E-state index is 0.0807. The van der Waals surface area contributed by atoms with Gasteiger partial charge in [0.1, 0.15) is 11.5 Å². The second kappa shape index (κ2) is 8.63. The number of amides is 3. The zero-order valence-electron chi connectivity index (χ0n) is 17.6. The normalized spacial score (nSPS) is 16.2. The van der Waals surface area contributed by atoms with E-state index in [1.54, 1.807) is 24.8 Å². The molecule has 2 N–H and O–H groups in total. The lowest BCUT2D eigenvalue weighted by Gasteiger charge is -2.32. The minimum Gasteiger partial charge on any atom is -0.466 e. The van der Waals surface area contributed by atoms with Crippen LogP contribution in [-0.4, -0.2) is 35.7 Å². The third kappa shape index (κ3) is 4.30. The maximum Gasteiger partial charge on any atom is 0.273 e. The van der Waals surface area contributed by atoms with Crippen molar-refractivity contribution in [1.29, 1.82) is 0 Å². The number of rotatable bonds is 3. The third-order valence-corrected chi connectivity index (χ3v) is 5.68. The molecule has 1 fully saturated rings. The molecule has 7 heteroatoms. The predicted molar refractivity (Wildman–Crippen MR) is 116 cm³/mol. The van der Waals surface area contributed by atoms with Gasteiger partial charge < -0.3 is 9.32 Å². The summed E-state index contributed by atoms with van der Waals surface area (Å²) in [5.41, 5.74) is 5.97. The molecule has 1 unspecified atom stereocenters. The Morgan fingerprint density at radius 1 is 1.00 bits per heavy atom. The first kappa shape index (κ1) is 20.7. The van der Waals surface area contributed by atoms with Gasteiger partial charge in [0.2, 0.25) is 5.91 Å². The second-order valence-electron chi connectivity index (χ2n) is 7.89. The number of carbonyl (C=O) groups is 3. The number of nitrogens with zero attached hydrogens (tertiary/aromatic N) is 1. The largest absolute Gasteiger partial charge is 0.466 e. The Labute approximate surface area is 180 Å². The zero-order chi connectivity index (χ0) is 22.0. The Balaban J connectivity index is 1.41. The first-order chi connectivity index (χ1) is 14.9. The van der Waals surface area contributed by atoms with Crippen molar-refractivity contribution in [3.63, 3.8) is 0 Å². The van der Waals surface area contributed by atoms with Gasteiger partial charge in [-0.2, -0.15) is 0 Å². The predicted octanol–water partition coefficient (Wildman–Crippen LogP) is 3.36. The number of hydrogen-bond acceptors (Lipinski definition) is 4. The van der Waals surface area contributed by atoms with Crippen LogP contribution in [0.1, 0.15) is 45.1 Å². The van der Waals surface area contributed by atoms with Crippen LogP contribution in [0.5, 0.6) is 0 Å². The van der Waals surface area contributed by atoms with Gasteiger partial charge in [-0.05, 0) is 49.6 Å². The Morgan fingerprint density at radius 2 is 1.77 bits per heavy atom.